The van der Waals surface area contributed by atoms with Crippen molar-refractivity contribution < 1.29 is 0 Å². The van der Waals surface area contributed by atoms with Crippen LogP contribution < -0.4 is 11.1 Å². The normalized spacial score (nSPS) is 12.2. The Morgan fingerprint density at radius 2 is 2.20 bits per heavy atom. The third-order valence-electron chi connectivity index (χ3n) is 2.39. The molecule has 0 aromatic heterocycles. The Labute approximate surface area is 90.9 Å². The Morgan fingerprint density at radius 3 is 2.80 bits per heavy atom. The highest BCUT2D eigenvalue weighted by atomic mass is 14.9. The van der Waals surface area contributed by atoms with Crippen LogP contribution in [0.1, 0.15) is 19.4 Å². The van der Waals surface area contributed by atoms with Crippen molar-refractivity contribution in [3.63, 3.8) is 0 Å². The van der Waals surface area contributed by atoms with Crippen LogP contribution in [0.4, 0.5) is 5.69 Å². The smallest absolute Gasteiger partial charge is 0.0992 e. The number of nitriles is 1. The molecule has 3 heteroatoms. The molecule has 1 aromatic rings. The molecule has 3 nitrogen and oxygen atoms in total. The lowest BCUT2D eigenvalue weighted by atomic mass is 10.1. The van der Waals surface area contributed by atoms with E-state index in [9.17, 15) is 0 Å². The Bertz CT molecular complexity index is 352. The monoisotopic (exact) mass is 203 g/mol. The fourth-order valence-corrected chi connectivity index (χ4v) is 1.17. The van der Waals surface area contributed by atoms with E-state index in [1.54, 1.807) is 6.07 Å². The van der Waals surface area contributed by atoms with Crippen molar-refractivity contribution >= 4 is 5.69 Å². The van der Waals surface area contributed by atoms with Crippen LogP contribution in [0.5, 0.6) is 0 Å². The predicted octanol–water partition coefficient (Wildman–Crippen LogP) is 1.95. The number of nitrogens with two attached hydrogens (primary N) is 1. The number of anilines is 1. The molecule has 0 bridgehead atoms. The Balaban J connectivity index is 2.55. The van der Waals surface area contributed by atoms with Crippen LogP contribution >= 0.6 is 0 Å². The predicted molar refractivity (Wildman–Crippen MR) is 62.5 cm³/mol. The first-order chi connectivity index (χ1) is 7.13. The van der Waals surface area contributed by atoms with Gasteiger partial charge in [0.2, 0.25) is 0 Å². The number of hydrogen-bond acceptors (Lipinski definition) is 3. The molecule has 1 unspecified atom stereocenters. The van der Waals surface area contributed by atoms with Crippen LogP contribution in [0.2, 0.25) is 0 Å². The molecule has 0 amide bonds. The van der Waals surface area contributed by atoms with Crippen LogP contribution in [0.25, 0.3) is 0 Å². The van der Waals surface area contributed by atoms with Gasteiger partial charge in [0.15, 0.2) is 0 Å². The maximum Gasteiger partial charge on any atom is 0.0992 e. The number of rotatable bonds is 4. The van der Waals surface area contributed by atoms with E-state index >= 15 is 0 Å². The molecule has 1 rings (SSSR count). The lowest BCUT2D eigenvalue weighted by Crippen LogP contribution is -2.33. The zero-order valence-electron chi connectivity index (χ0n) is 9.20. The van der Waals surface area contributed by atoms with Gasteiger partial charge in [0.05, 0.1) is 11.6 Å². The zero-order chi connectivity index (χ0) is 11.3. The van der Waals surface area contributed by atoms with E-state index in [0.717, 1.165) is 12.2 Å². The average molecular weight is 203 g/mol. The van der Waals surface area contributed by atoms with Gasteiger partial charge in [-0.3, -0.25) is 0 Å². The van der Waals surface area contributed by atoms with Crippen molar-refractivity contribution in [3.05, 3.63) is 29.8 Å². The van der Waals surface area contributed by atoms with E-state index in [-0.39, 0.29) is 6.04 Å². The summed E-state index contributed by atoms with van der Waals surface area (Å²) in [6, 6.07) is 9.65. The van der Waals surface area contributed by atoms with E-state index in [0.29, 0.717) is 11.5 Å². The van der Waals surface area contributed by atoms with Crippen LogP contribution in [0.15, 0.2) is 24.3 Å². The van der Waals surface area contributed by atoms with Crippen molar-refractivity contribution in [2.45, 2.75) is 19.9 Å². The van der Waals surface area contributed by atoms with Gasteiger partial charge >= 0.3 is 0 Å². The lowest BCUT2D eigenvalue weighted by Gasteiger charge is -2.16. The molecule has 0 fully saturated rings. The number of nitrogens with zero attached hydrogens (tertiary/aromatic N) is 1. The second-order valence-electron chi connectivity index (χ2n) is 3.98. The van der Waals surface area contributed by atoms with E-state index < -0.39 is 0 Å². The minimum atomic E-state index is 0.135. The minimum Gasteiger partial charge on any atom is -0.383 e. The molecule has 0 spiro atoms. The van der Waals surface area contributed by atoms with Crippen molar-refractivity contribution in [1.82, 2.24) is 0 Å². The zero-order valence-corrected chi connectivity index (χ0v) is 9.20. The Hall–Kier alpha value is -1.53. The fraction of sp³-hybridized carbons (Fsp3) is 0.417. The lowest BCUT2D eigenvalue weighted by molar-refractivity contribution is 0.511. The average Bonchev–Trinajstić information content (AvgIpc) is 2.26. The van der Waals surface area contributed by atoms with E-state index in [1.807, 2.05) is 18.2 Å². The van der Waals surface area contributed by atoms with Gasteiger partial charge in [0.1, 0.15) is 0 Å². The molecular weight excluding hydrogens is 186 g/mol. The molecule has 0 radical (unpaired) electrons. The van der Waals surface area contributed by atoms with Gasteiger partial charge in [-0.2, -0.15) is 5.26 Å². The SMILES string of the molecule is CC(C)C(N)CNc1cccc(C#N)c1. The standard InChI is InChI=1S/C12H17N3/c1-9(2)12(14)8-15-11-5-3-4-10(6-11)7-13/h3-6,9,12,15H,8,14H2,1-2H3. The topological polar surface area (TPSA) is 61.8 Å². The van der Waals surface area contributed by atoms with E-state index in [1.165, 1.54) is 0 Å². The molecule has 0 saturated carbocycles. The largest absolute Gasteiger partial charge is 0.383 e. The van der Waals surface area contributed by atoms with Crippen LogP contribution in [-0.2, 0) is 0 Å². The Kier molecular flexibility index (Phi) is 4.14. The molecule has 3 N–H and O–H groups in total. The van der Waals surface area contributed by atoms with Gasteiger partial charge in [-0.25, -0.2) is 0 Å². The van der Waals surface area contributed by atoms with E-state index in [2.05, 4.69) is 25.2 Å². The van der Waals surface area contributed by atoms with Crippen molar-refractivity contribution in [2.24, 2.45) is 11.7 Å². The van der Waals surface area contributed by atoms with Gasteiger partial charge in [-0.15, -0.1) is 0 Å². The molecule has 0 aliphatic heterocycles. The highest BCUT2D eigenvalue weighted by Crippen LogP contribution is 2.10. The molecule has 0 heterocycles. The van der Waals surface area contributed by atoms with Crippen LogP contribution in [0, 0.1) is 17.2 Å². The number of nitrogens with one attached hydrogen (secondary N) is 1. The highest BCUT2D eigenvalue weighted by molar-refractivity contribution is 5.49. The van der Waals surface area contributed by atoms with Crippen molar-refractivity contribution in [2.75, 3.05) is 11.9 Å². The second kappa shape index (κ2) is 5.38. The Morgan fingerprint density at radius 1 is 1.47 bits per heavy atom. The maximum atomic E-state index is 8.73. The summed E-state index contributed by atoms with van der Waals surface area (Å²) in [5.74, 6) is 0.455. The molecular formula is C12H17N3. The van der Waals surface area contributed by atoms with Gasteiger partial charge in [0, 0.05) is 18.3 Å². The summed E-state index contributed by atoms with van der Waals surface area (Å²) in [4.78, 5) is 0. The second-order valence-corrected chi connectivity index (χ2v) is 3.98. The third-order valence-corrected chi connectivity index (χ3v) is 2.39. The molecule has 15 heavy (non-hydrogen) atoms. The molecule has 1 aromatic carbocycles. The van der Waals surface area contributed by atoms with Crippen molar-refractivity contribution in [3.8, 4) is 6.07 Å². The summed E-state index contributed by atoms with van der Waals surface area (Å²) < 4.78 is 0. The van der Waals surface area contributed by atoms with Gasteiger partial charge < -0.3 is 11.1 Å². The van der Waals surface area contributed by atoms with Gasteiger partial charge in [-0.1, -0.05) is 19.9 Å². The number of hydrogen-bond donors (Lipinski definition) is 2. The summed E-state index contributed by atoms with van der Waals surface area (Å²) in [5, 5.41) is 11.9. The van der Waals surface area contributed by atoms with Gasteiger partial charge in [0.25, 0.3) is 0 Å². The van der Waals surface area contributed by atoms with Gasteiger partial charge in [-0.05, 0) is 24.1 Å². The first-order valence-corrected chi connectivity index (χ1v) is 5.13. The summed E-state index contributed by atoms with van der Waals surface area (Å²) in [5.41, 5.74) is 7.52. The maximum absolute atomic E-state index is 8.73. The first-order valence-electron chi connectivity index (χ1n) is 5.13. The third kappa shape index (κ3) is 3.61. The summed E-state index contributed by atoms with van der Waals surface area (Å²) in [7, 11) is 0. The van der Waals surface area contributed by atoms with Crippen LogP contribution in [-0.4, -0.2) is 12.6 Å². The van der Waals surface area contributed by atoms with E-state index in [4.69, 9.17) is 11.0 Å². The quantitative estimate of drug-likeness (QED) is 0.786. The van der Waals surface area contributed by atoms with Crippen LogP contribution in [0.3, 0.4) is 0 Å². The molecule has 80 valence electrons. The first kappa shape index (κ1) is 11.5. The molecule has 1 atom stereocenters. The fourth-order valence-electron chi connectivity index (χ4n) is 1.17. The highest BCUT2D eigenvalue weighted by Gasteiger charge is 2.06. The van der Waals surface area contributed by atoms with Crippen molar-refractivity contribution in [1.29, 1.82) is 5.26 Å². The molecule has 0 aliphatic rings. The summed E-state index contributed by atoms with van der Waals surface area (Å²) >= 11 is 0. The molecule has 0 aliphatic carbocycles. The summed E-state index contributed by atoms with van der Waals surface area (Å²) in [6.07, 6.45) is 0. The molecule has 0 saturated heterocycles. The summed E-state index contributed by atoms with van der Waals surface area (Å²) in [6.45, 7) is 4.92. The minimum absolute atomic E-state index is 0.135. The number of benzene rings is 1.